The molecule has 0 aliphatic heterocycles. The number of esters is 1. The van der Waals surface area contributed by atoms with Crippen molar-refractivity contribution >= 4 is 27.0 Å². The number of fused-ring (bicyclic) bond motifs is 1. The molecule has 0 saturated heterocycles. The van der Waals surface area contributed by atoms with E-state index in [1.807, 2.05) is 0 Å². The molecular formula is C25H18FN3O4S. The maximum Gasteiger partial charge on any atom is 0.340 e. The summed E-state index contributed by atoms with van der Waals surface area (Å²) in [4.78, 5) is 20.1. The molecule has 9 heteroatoms. The average Bonchev–Trinajstić information content (AvgIpc) is 3.49. The van der Waals surface area contributed by atoms with Gasteiger partial charge in [-0.05, 0) is 42.5 Å². The first kappa shape index (κ1) is 21.6. The van der Waals surface area contributed by atoms with Gasteiger partial charge in [0, 0.05) is 34.6 Å². The lowest BCUT2D eigenvalue weighted by molar-refractivity contribution is 0.0602. The van der Waals surface area contributed by atoms with Gasteiger partial charge in [-0.3, -0.25) is 0 Å². The van der Waals surface area contributed by atoms with E-state index in [1.165, 1.54) is 43.8 Å². The number of pyridine rings is 1. The number of hydrogen-bond acceptors (Lipinski definition) is 5. The van der Waals surface area contributed by atoms with Crippen molar-refractivity contribution in [2.24, 2.45) is 0 Å². The van der Waals surface area contributed by atoms with Gasteiger partial charge < -0.3 is 9.72 Å². The van der Waals surface area contributed by atoms with Crippen LogP contribution in [0.25, 0.3) is 33.5 Å². The van der Waals surface area contributed by atoms with Gasteiger partial charge in [0.05, 0.1) is 23.3 Å². The second kappa shape index (κ2) is 8.27. The number of aromatic amines is 1. The number of methoxy groups -OCH3 is 1. The molecule has 0 aliphatic rings. The second-order valence-corrected chi connectivity index (χ2v) is 9.31. The molecule has 3 aromatic heterocycles. The van der Waals surface area contributed by atoms with E-state index in [-0.39, 0.29) is 16.1 Å². The number of carbonyl (C=O) groups is 1. The van der Waals surface area contributed by atoms with E-state index in [9.17, 15) is 17.6 Å². The Hall–Kier alpha value is -4.24. The molecule has 0 bridgehead atoms. The summed E-state index contributed by atoms with van der Waals surface area (Å²) in [7, 11) is -2.59. The molecule has 0 aliphatic carbocycles. The summed E-state index contributed by atoms with van der Waals surface area (Å²) < 4.78 is 46.3. The first-order valence-electron chi connectivity index (χ1n) is 10.2. The van der Waals surface area contributed by atoms with Crippen LogP contribution in [0, 0.1) is 5.82 Å². The minimum Gasteiger partial charge on any atom is -0.465 e. The molecule has 0 amide bonds. The molecule has 0 atom stereocenters. The van der Waals surface area contributed by atoms with Crippen LogP contribution in [0.4, 0.5) is 4.39 Å². The van der Waals surface area contributed by atoms with Crippen molar-refractivity contribution < 1.29 is 22.3 Å². The summed E-state index contributed by atoms with van der Waals surface area (Å²) in [5.41, 5.74) is 2.48. The van der Waals surface area contributed by atoms with Crippen molar-refractivity contribution in [2.75, 3.05) is 7.11 Å². The quantitative estimate of drug-likeness (QED) is 0.367. The van der Waals surface area contributed by atoms with Gasteiger partial charge in [-0.15, -0.1) is 0 Å². The van der Waals surface area contributed by atoms with Crippen LogP contribution in [0.5, 0.6) is 0 Å². The first-order valence-corrected chi connectivity index (χ1v) is 11.7. The Morgan fingerprint density at radius 1 is 1.03 bits per heavy atom. The Kier molecular flexibility index (Phi) is 5.25. The summed E-state index contributed by atoms with van der Waals surface area (Å²) in [6.45, 7) is 0. The van der Waals surface area contributed by atoms with Crippen molar-refractivity contribution in [2.45, 2.75) is 4.90 Å². The number of carbonyl (C=O) groups excluding carboxylic acids is 1. The van der Waals surface area contributed by atoms with Crippen LogP contribution in [0.2, 0.25) is 0 Å². The Bertz CT molecular complexity index is 1640. The van der Waals surface area contributed by atoms with E-state index < -0.39 is 21.8 Å². The predicted octanol–water partition coefficient (Wildman–Crippen LogP) is 4.86. The molecule has 0 radical (unpaired) electrons. The minimum absolute atomic E-state index is 0.140. The summed E-state index contributed by atoms with van der Waals surface area (Å²) in [6.07, 6.45) is 2.94. The van der Waals surface area contributed by atoms with Crippen molar-refractivity contribution in [3.8, 4) is 22.5 Å². The van der Waals surface area contributed by atoms with Crippen LogP contribution in [0.1, 0.15) is 10.4 Å². The van der Waals surface area contributed by atoms with Crippen LogP contribution in [0.3, 0.4) is 0 Å². The molecule has 1 N–H and O–H groups in total. The highest BCUT2D eigenvalue weighted by molar-refractivity contribution is 7.90. The molecule has 0 spiro atoms. The fraction of sp³-hybridized carbons (Fsp3) is 0.0400. The second-order valence-electron chi connectivity index (χ2n) is 7.50. The van der Waals surface area contributed by atoms with Crippen molar-refractivity contribution in [1.29, 1.82) is 0 Å². The van der Waals surface area contributed by atoms with Crippen molar-refractivity contribution in [3.63, 3.8) is 0 Å². The minimum atomic E-state index is -3.86. The Morgan fingerprint density at radius 3 is 2.56 bits per heavy atom. The monoisotopic (exact) mass is 475 g/mol. The predicted molar refractivity (Wildman–Crippen MR) is 125 cm³/mol. The summed E-state index contributed by atoms with van der Waals surface area (Å²) in [5.74, 6) is -1.03. The third-order valence-corrected chi connectivity index (χ3v) is 7.16. The van der Waals surface area contributed by atoms with E-state index >= 15 is 0 Å². The largest absolute Gasteiger partial charge is 0.465 e. The third kappa shape index (κ3) is 3.56. The highest BCUT2D eigenvalue weighted by Crippen LogP contribution is 2.34. The van der Waals surface area contributed by atoms with Crippen LogP contribution in [0.15, 0.2) is 90.1 Å². The number of H-pyrrole nitrogens is 1. The zero-order valence-electron chi connectivity index (χ0n) is 17.9. The lowest BCUT2D eigenvalue weighted by Crippen LogP contribution is -2.12. The molecule has 34 heavy (non-hydrogen) atoms. The summed E-state index contributed by atoms with van der Waals surface area (Å²) in [6, 6.07) is 18.9. The standard InChI is InChI=1S/C25H18FN3O4S/c1-33-25(30)21-15-22(28-23(21)16-6-5-7-17(26)14-16)19-10-12-27-24-20(19)11-13-29(24)34(31,32)18-8-3-2-4-9-18/h2-15,28H,1H3. The topological polar surface area (TPSA) is 94.0 Å². The molecule has 3 heterocycles. The SMILES string of the molecule is COC(=O)c1cc(-c2ccnc3c2ccn3S(=O)(=O)c2ccccc2)[nH]c1-c1cccc(F)c1. The fourth-order valence-electron chi connectivity index (χ4n) is 3.89. The number of rotatable bonds is 5. The van der Waals surface area contributed by atoms with E-state index in [0.717, 1.165) is 3.97 Å². The van der Waals surface area contributed by atoms with Gasteiger partial charge in [-0.1, -0.05) is 30.3 Å². The average molecular weight is 476 g/mol. The first-order chi connectivity index (χ1) is 16.4. The lowest BCUT2D eigenvalue weighted by Gasteiger charge is -2.07. The van der Waals surface area contributed by atoms with Gasteiger partial charge in [0.25, 0.3) is 10.0 Å². The van der Waals surface area contributed by atoms with Crippen LogP contribution in [-0.4, -0.2) is 35.4 Å². The Balaban J connectivity index is 1.69. The normalized spacial score (nSPS) is 11.6. The number of hydrogen-bond donors (Lipinski definition) is 1. The molecule has 7 nitrogen and oxygen atoms in total. The van der Waals surface area contributed by atoms with Crippen LogP contribution < -0.4 is 0 Å². The highest BCUT2D eigenvalue weighted by atomic mass is 32.2. The van der Waals surface area contributed by atoms with Gasteiger partial charge in [0.1, 0.15) is 5.82 Å². The van der Waals surface area contributed by atoms with E-state index in [0.29, 0.717) is 27.9 Å². The number of benzene rings is 2. The number of nitrogens with zero attached hydrogens (tertiary/aromatic N) is 2. The van der Waals surface area contributed by atoms with E-state index in [4.69, 9.17) is 4.74 Å². The summed E-state index contributed by atoms with van der Waals surface area (Å²) >= 11 is 0. The number of halogens is 1. The fourth-order valence-corrected chi connectivity index (χ4v) is 5.21. The molecule has 5 rings (SSSR count). The van der Waals surface area contributed by atoms with E-state index in [1.54, 1.807) is 48.5 Å². The Morgan fingerprint density at radius 2 is 1.82 bits per heavy atom. The smallest absolute Gasteiger partial charge is 0.340 e. The maximum absolute atomic E-state index is 13.9. The number of ether oxygens (including phenoxy) is 1. The molecule has 0 fully saturated rings. The van der Waals surface area contributed by atoms with E-state index in [2.05, 4.69) is 9.97 Å². The lowest BCUT2D eigenvalue weighted by atomic mass is 10.1. The molecular weight excluding hydrogens is 457 g/mol. The van der Waals surface area contributed by atoms with Gasteiger partial charge in [-0.25, -0.2) is 26.6 Å². The highest BCUT2D eigenvalue weighted by Gasteiger charge is 2.23. The third-order valence-electron chi connectivity index (χ3n) is 5.48. The molecule has 170 valence electrons. The Labute approximate surface area is 194 Å². The van der Waals surface area contributed by atoms with Crippen LogP contribution in [-0.2, 0) is 14.8 Å². The molecule has 0 unspecified atom stereocenters. The number of aromatic nitrogens is 3. The molecule has 2 aromatic carbocycles. The van der Waals surface area contributed by atoms with Crippen molar-refractivity contribution in [1.82, 2.24) is 13.9 Å². The van der Waals surface area contributed by atoms with Gasteiger partial charge in [-0.2, -0.15) is 0 Å². The molecule has 5 aromatic rings. The zero-order chi connectivity index (χ0) is 23.9. The number of nitrogens with one attached hydrogen (secondary N) is 1. The molecule has 0 saturated carbocycles. The maximum atomic E-state index is 13.9. The van der Waals surface area contributed by atoms with Crippen LogP contribution >= 0.6 is 0 Å². The zero-order valence-corrected chi connectivity index (χ0v) is 18.7. The summed E-state index contributed by atoms with van der Waals surface area (Å²) in [5, 5.41) is 0.561. The van der Waals surface area contributed by atoms with Gasteiger partial charge in [0.2, 0.25) is 0 Å². The van der Waals surface area contributed by atoms with Crippen molar-refractivity contribution in [3.05, 3.63) is 96.6 Å². The van der Waals surface area contributed by atoms with Gasteiger partial charge in [0.15, 0.2) is 5.65 Å². The van der Waals surface area contributed by atoms with Gasteiger partial charge >= 0.3 is 5.97 Å².